The van der Waals surface area contributed by atoms with Gasteiger partial charge in [-0.1, -0.05) is 11.6 Å². The van der Waals surface area contributed by atoms with Gasteiger partial charge in [0.2, 0.25) is 10.0 Å². The average molecular weight is 280 g/mol. The van der Waals surface area contributed by atoms with E-state index in [0.717, 1.165) is 0 Å². The van der Waals surface area contributed by atoms with Gasteiger partial charge in [0.15, 0.2) is 0 Å². The van der Waals surface area contributed by atoms with Gasteiger partial charge in [0.1, 0.15) is 10.6 Å². The number of aliphatic hydroxyl groups is 1. The standard InChI is InChI=1S/C10H14ClNO4S/c1-7(13)6-12-17(14,15)10-4-3-8(11)5-9(10)16-2/h3-5,7,12-13H,6H2,1-2H3/t7-/m1/s1. The minimum absolute atomic E-state index is 0.00921. The van der Waals surface area contributed by atoms with E-state index in [1.54, 1.807) is 0 Å². The molecule has 0 fully saturated rings. The molecule has 0 heterocycles. The van der Waals surface area contributed by atoms with Gasteiger partial charge >= 0.3 is 0 Å². The molecule has 1 aromatic carbocycles. The number of nitrogens with one attached hydrogen (secondary N) is 1. The molecule has 5 nitrogen and oxygen atoms in total. The Bertz CT molecular complexity index is 487. The molecule has 17 heavy (non-hydrogen) atoms. The average Bonchev–Trinajstić information content (AvgIpc) is 2.26. The van der Waals surface area contributed by atoms with Gasteiger partial charge in [-0.25, -0.2) is 13.1 Å². The third-order valence-corrected chi connectivity index (χ3v) is 3.68. The Hall–Kier alpha value is -0.820. The molecule has 0 radical (unpaired) electrons. The molecule has 0 unspecified atom stereocenters. The van der Waals surface area contributed by atoms with Crippen LogP contribution in [0.5, 0.6) is 5.75 Å². The summed E-state index contributed by atoms with van der Waals surface area (Å²) in [6.45, 7) is 1.43. The maximum absolute atomic E-state index is 11.9. The van der Waals surface area contributed by atoms with Crippen molar-refractivity contribution in [1.82, 2.24) is 4.72 Å². The van der Waals surface area contributed by atoms with Gasteiger partial charge in [-0.3, -0.25) is 0 Å². The van der Waals surface area contributed by atoms with Crippen LogP contribution in [0.3, 0.4) is 0 Å². The molecule has 0 aliphatic carbocycles. The van der Waals surface area contributed by atoms with E-state index in [9.17, 15) is 8.42 Å². The van der Waals surface area contributed by atoms with Crippen molar-refractivity contribution in [1.29, 1.82) is 0 Å². The van der Waals surface area contributed by atoms with Crippen molar-refractivity contribution in [2.75, 3.05) is 13.7 Å². The van der Waals surface area contributed by atoms with Gasteiger partial charge in [0.05, 0.1) is 13.2 Å². The lowest BCUT2D eigenvalue weighted by Gasteiger charge is -2.11. The lowest BCUT2D eigenvalue weighted by Crippen LogP contribution is -2.30. The molecule has 0 amide bonds. The fraction of sp³-hybridized carbons (Fsp3) is 0.400. The van der Waals surface area contributed by atoms with E-state index < -0.39 is 16.1 Å². The first kappa shape index (κ1) is 14.2. The monoisotopic (exact) mass is 279 g/mol. The van der Waals surface area contributed by atoms with Crippen molar-refractivity contribution in [3.8, 4) is 5.75 Å². The molecule has 0 bridgehead atoms. The van der Waals surface area contributed by atoms with Gasteiger partial charge in [-0.2, -0.15) is 0 Å². The number of rotatable bonds is 5. The van der Waals surface area contributed by atoms with Crippen LogP contribution in [0.2, 0.25) is 5.02 Å². The lowest BCUT2D eigenvalue weighted by molar-refractivity contribution is 0.198. The van der Waals surface area contributed by atoms with E-state index in [-0.39, 0.29) is 17.2 Å². The fourth-order valence-electron chi connectivity index (χ4n) is 1.17. The normalized spacial score (nSPS) is 13.4. The minimum atomic E-state index is -3.71. The number of sulfonamides is 1. The molecule has 0 saturated carbocycles. The van der Waals surface area contributed by atoms with Crippen molar-refractivity contribution >= 4 is 21.6 Å². The van der Waals surface area contributed by atoms with Crippen LogP contribution in [0.1, 0.15) is 6.92 Å². The van der Waals surface area contributed by atoms with Crippen LogP contribution in [-0.4, -0.2) is 33.3 Å². The Labute approximate surface area is 105 Å². The minimum Gasteiger partial charge on any atom is -0.495 e. The zero-order valence-electron chi connectivity index (χ0n) is 9.47. The van der Waals surface area contributed by atoms with Gasteiger partial charge in [0, 0.05) is 17.6 Å². The summed E-state index contributed by atoms with van der Waals surface area (Å²) in [4.78, 5) is -0.00921. The summed E-state index contributed by atoms with van der Waals surface area (Å²) in [5, 5.41) is 9.44. The third-order valence-electron chi connectivity index (χ3n) is 1.98. The molecular weight excluding hydrogens is 266 g/mol. The fourth-order valence-corrected chi connectivity index (χ4v) is 2.60. The van der Waals surface area contributed by atoms with Crippen LogP contribution in [0.4, 0.5) is 0 Å². The number of methoxy groups -OCH3 is 1. The van der Waals surface area contributed by atoms with Gasteiger partial charge < -0.3 is 9.84 Å². The highest BCUT2D eigenvalue weighted by Crippen LogP contribution is 2.26. The smallest absolute Gasteiger partial charge is 0.244 e. The summed E-state index contributed by atoms with van der Waals surface area (Å²) in [6, 6.07) is 4.23. The van der Waals surface area contributed by atoms with Crippen molar-refractivity contribution in [2.45, 2.75) is 17.9 Å². The third kappa shape index (κ3) is 3.85. The summed E-state index contributed by atoms with van der Waals surface area (Å²) in [5.74, 6) is 0.163. The van der Waals surface area contributed by atoms with Crippen molar-refractivity contribution in [3.05, 3.63) is 23.2 Å². The molecule has 0 saturated heterocycles. The molecule has 2 N–H and O–H groups in total. The molecule has 0 aliphatic heterocycles. The zero-order valence-corrected chi connectivity index (χ0v) is 11.0. The molecule has 0 aromatic heterocycles. The van der Waals surface area contributed by atoms with E-state index in [1.165, 1.54) is 32.2 Å². The maximum Gasteiger partial charge on any atom is 0.244 e. The van der Waals surface area contributed by atoms with Crippen LogP contribution in [0.15, 0.2) is 23.1 Å². The number of hydrogen-bond donors (Lipinski definition) is 2. The molecule has 0 spiro atoms. The van der Waals surface area contributed by atoms with Crippen molar-refractivity contribution in [3.63, 3.8) is 0 Å². The van der Waals surface area contributed by atoms with E-state index in [0.29, 0.717) is 5.02 Å². The second-order valence-electron chi connectivity index (χ2n) is 3.50. The Morgan fingerprint density at radius 1 is 1.53 bits per heavy atom. The largest absolute Gasteiger partial charge is 0.495 e. The summed E-state index contributed by atoms with van der Waals surface area (Å²) in [5.41, 5.74) is 0. The van der Waals surface area contributed by atoms with Gasteiger partial charge in [-0.15, -0.1) is 0 Å². The number of hydrogen-bond acceptors (Lipinski definition) is 4. The van der Waals surface area contributed by atoms with E-state index in [4.69, 9.17) is 21.4 Å². The molecule has 1 atom stereocenters. The highest BCUT2D eigenvalue weighted by Gasteiger charge is 2.19. The Morgan fingerprint density at radius 3 is 2.71 bits per heavy atom. The van der Waals surface area contributed by atoms with Crippen molar-refractivity contribution < 1.29 is 18.3 Å². The number of ether oxygens (including phenoxy) is 1. The van der Waals surface area contributed by atoms with E-state index in [1.807, 2.05) is 0 Å². The summed E-state index contributed by atoms with van der Waals surface area (Å²) >= 11 is 5.74. The predicted molar refractivity (Wildman–Crippen MR) is 64.9 cm³/mol. The van der Waals surface area contributed by atoms with Gasteiger partial charge in [-0.05, 0) is 19.1 Å². The Morgan fingerprint density at radius 2 is 2.18 bits per heavy atom. The second-order valence-corrected chi connectivity index (χ2v) is 5.67. The predicted octanol–water partition coefficient (Wildman–Crippen LogP) is 1.01. The van der Waals surface area contributed by atoms with Crippen LogP contribution < -0.4 is 9.46 Å². The first-order valence-corrected chi connectivity index (χ1v) is 6.74. The Kier molecular flexibility index (Phi) is 4.76. The summed E-state index contributed by atoms with van der Waals surface area (Å²) in [6.07, 6.45) is -0.761. The quantitative estimate of drug-likeness (QED) is 0.843. The lowest BCUT2D eigenvalue weighted by atomic mass is 10.3. The van der Waals surface area contributed by atoms with Crippen LogP contribution in [0, 0.1) is 0 Å². The topological polar surface area (TPSA) is 75.6 Å². The van der Waals surface area contributed by atoms with Gasteiger partial charge in [0.25, 0.3) is 0 Å². The highest BCUT2D eigenvalue weighted by molar-refractivity contribution is 7.89. The van der Waals surface area contributed by atoms with Crippen LogP contribution in [-0.2, 0) is 10.0 Å². The van der Waals surface area contributed by atoms with Crippen LogP contribution >= 0.6 is 11.6 Å². The number of aliphatic hydroxyl groups excluding tert-OH is 1. The number of benzene rings is 1. The highest BCUT2D eigenvalue weighted by atomic mass is 35.5. The molecule has 1 rings (SSSR count). The zero-order chi connectivity index (χ0) is 13.1. The SMILES string of the molecule is COc1cc(Cl)ccc1S(=O)(=O)NC[C@@H](C)O. The van der Waals surface area contributed by atoms with E-state index >= 15 is 0 Å². The second kappa shape index (κ2) is 5.68. The summed E-state index contributed by atoms with van der Waals surface area (Å²) < 4.78 is 31.0. The van der Waals surface area contributed by atoms with Crippen molar-refractivity contribution in [2.24, 2.45) is 0 Å². The molecular formula is C10H14ClNO4S. The summed E-state index contributed by atoms with van der Waals surface area (Å²) in [7, 11) is -2.35. The first-order valence-electron chi connectivity index (χ1n) is 4.88. The molecule has 0 aliphatic rings. The first-order chi connectivity index (χ1) is 7.86. The Balaban J connectivity index is 3.06. The molecule has 7 heteroatoms. The molecule has 96 valence electrons. The number of halogens is 1. The van der Waals surface area contributed by atoms with E-state index in [2.05, 4.69) is 4.72 Å². The molecule has 1 aromatic rings. The van der Waals surface area contributed by atoms with Crippen LogP contribution in [0.25, 0.3) is 0 Å². The maximum atomic E-state index is 11.9.